The number of hydrogen-bond acceptors (Lipinski definition) is 0. The van der Waals surface area contributed by atoms with Crippen LogP contribution < -0.4 is 0 Å². The highest BCUT2D eigenvalue weighted by atomic mass is 15.2. The van der Waals surface area contributed by atoms with Gasteiger partial charge >= 0.3 is 0 Å². The molecule has 1 heterocycles. The number of hydrogen-bond donors (Lipinski definition) is 0. The van der Waals surface area contributed by atoms with Gasteiger partial charge in [-0.2, -0.15) is 0 Å². The van der Waals surface area contributed by atoms with E-state index in [1.165, 1.54) is 119 Å². The molecular formula is C52H76N2. The van der Waals surface area contributed by atoms with Crippen LogP contribution in [-0.2, 0) is 12.8 Å². The van der Waals surface area contributed by atoms with Crippen LogP contribution in [0.4, 0.5) is 0 Å². The van der Waals surface area contributed by atoms with E-state index in [1.54, 1.807) is 4.70 Å². The first-order valence-electron chi connectivity index (χ1n) is 22.7. The topological polar surface area (TPSA) is 25.3 Å². The molecule has 0 aliphatic carbocycles. The van der Waals surface area contributed by atoms with Crippen LogP contribution in [-0.4, -0.2) is 4.70 Å². The molecule has 294 valence electrons. The molecule has 54 heavy (non-hydrogen) atoms. The summed E-state index contributed by atoms with van der Waals surface area (Å²) in [5.74, 6) is 14.1. The Labute approximate surface area is 333 Å². The molecule has 0 saturated carbocycles. The van der Waals surface area contributed by atoms with Crippen LogP contribution in [0.5, 0.6) is 0 Å². The maximum absolute atomic E-state index is 12.5. The molecule has 1 aliphatic rings. The summed E-state index contributed by atoms with van der Waals surface area (Å²) in [7, 11) is 0. The van der Waals surface area contributed by atoms with Crippen LogP contribution in [0.3, 0.4) is 0 Å². The van der Waals surface area contributed by atoms with Gasteiger partial charge in [0.05, 0.1) is 0 Å². The van der Waals surface area contributed by atoms with Crippen molar-refractivity contribution in [3.05, 3.63) is 86.5 Å². The van der Waals surface area contributed by atoms with E-state index in [1.807, 2.05) is 0 Å². The zero-order valence-corrected chi connectivity index (χ0v) is 35.7. The van der Waals surface area contributed by atoms with Crippen molar-refractivity contribution in [1.29, 1.82) is 0 Å². The summed E-state index contributed by atoms with van der Waals surface area (Å²) in [6, 6.07) is 13.6. The molecule has 0 radical (unpaired) electrons. The molecule has 0 N–H and O–H groups in total. The van der Waals surface area contributed by atoms with E-state index in [0.29, 0.717) is 0 Å². The fraction of sp³-hybridized carbons (Fsp3) is 0.615. The van der Waals surface area contributed by atoms with E-state index in [0.717, 1.165) is 104 Å². The van der Waals surface area contributed by atoms with Gasteiger partial charge in [0.25, 0.3) is 0 Å². The average Bonchev–Trinajstić information content (AvgIpc) is 3.47. The molecular weight excluding hydrogens is 653 g/mol. The molecule has 1 aliphatic heterocycles. The van der Waals surface area contributed by atoms with E-state index in [2.05, 4.69) is 102 Å². The Bertz CT molecular complexity index is 1540. The van der Waals surface area contributed by atoms with Gasteiger partial charge in [0.15, 0.2) is 0 Å². The van der Waals surface area contributed by atoms with Gasteiger partial charge in [-0.15, -0.1) is 0 Å². The Balaban J connectivity index is 2.08. The molecule has 0 unspecified atom stereocenters. The van der Waals surface area contributed by atoms with Gasteiger partial charge in [0.2, 0.25) is 11.4 Å². The number of allylic oxidation sites excluding steroid dienone is 2. The third kappa shape index (κ3) is 15.4. The van der Waals surface area contributed by atoms with Crippen LogP contribution in [0.25, 0.3) is 16.9 Å². The summed E-state index contributed by atoms with van der Waals surface area (Å²) < 4.78 is 1.57. The minimum Gasteiger partial charge on any atom is -0.493 e. The average molecular weight is 729 g/mol. The molecule has 2 aromatic rings. The maximum atomic E-state index is 12.5. The predicted octanol–water partition coefficient (Wildman–Crippen LogP) is 16.1. The Hall–Kier alpha value is -3.36. The fourth-order valence-corrected chi connectivity index (χ4v) is 7.75. The molecule has 0 atom stereocenters. The zero-order chi connectivity index (χ0) is 38.8. The van der Waals surface area contributed by atoms with Gasteiger partial charge in [-0.1, -0.05) is 174 Å². The van der Waals surface area contributed by atoms with Gasteiger partial charge in [-0.05, 0) is 92.8 Å². The second-order valence-corrected chi connectivity index (χ2v) is 15.8. The second kappa shape index (κ2) is 27.3. The highest BCUT2D eigenvalue weighted by molar-refractivity contribution is 5.83. The van der Waals surface area contributed by atoms with Gasteiger partial charge in [-0.3, -0.25) is 0 Å². The lowest BCUT2D eigenvalue weighted by atomic mass is 9.90. The van der Waals surface area contributed by atoms with Crippen LogP contribution in [0, 0.1) is 23.7 Å². The third-order valence-corrected chi connectivity index (χ3v) is 11.0. The minimum atomic E-state index is 0.924. The largest absolute Gasteiger partial charge is 0.493 e. The molecule has 0 aromatic heterocycles. The lowest BCUT2D eigenvalue weighted by Crippen LogP contribution is -2.04. The highest BCUT2D eigenvalue weighted by Crippen LogP contribution is 2.45. The summed E-state index contributed by atoms with van der Waals surface area (Å²) in [6.45, 7) is 13.6. The van der Waals surface area contributed by atoms with Crippen molar-refractivity contribution >= 4 is 11.4 Å². The summed E-state index contributed by atoms with van der Waals surface area (Å²) in [5.41, 5.74) is 23.9. The smallest absolute Gasteiger partial charge is 0.211 e. The highest BCUT2D eigenvalue weighted by Gasteiger charge is 2.35. The van der Waals surface area contributed by atoms with E-state index in [4.69, 9.17) is 0 Å². The van der Waals surface area contributed by atoms with Crippen LogP contribution in [0.15, 0.2) is 47.5 Å². The maximum Gasteiger partial charge on any atom is 0.211 e. The first-order valence-corrected chi connectivity index (χ1v) is 22.7. The molecule has 0 spiro atoms. The summed E-state index contributed by atoms with van der Waals surface area (Å²) in [5, 5.41) is 0. The van der Waals surface area contributed by atoms with Crippen molar-refractivity contribution in [2.45, 2.75) is 208 Å². The quantitative estimate of drug-likeness (QED) is 0.0524. The van der Waals surface area contributed by atoms with Crippen LogP contribution in [0.2, 0.25) is 0 Å². The normalized spacial score (nSPS) is 12.7. The summed E-state index contributed by atoms with van der Waals surface area (Å²) in [4.78, 5) is 0. The van der Waals surface area contributed by atoms with Crippen molar-refractivity contribution < 1.29 is 4.70 Å². The van der Waals surface area contributed by atoms with Crippen molar-refractivity contribution in [2.24, 2.45) is 0 Å². The number of nitrogens with zero attached hydrogens (tertiary/aromatic N) is 2. The zero-order valence-electron chi connectivity index (χ0n) is 35.7. The second-order valence-electron chi connectivity index (χ2n) is 15.8. The standard InChI is InChI=1S/C52H76N2/c1-7-13-17-20-23-25-27-30-33-45-38-46(34-31-28-26-24-21-18-14-8-2)42-48(41-45)52-49(35-16-10-4)50(36-32-29-22-19-15-9-3)51(54(52)53)47-39-43(11-5)37-44(12-6)40-47/h37-42H,7-29,32,35-36H2,1-6H3. The fourth-order valence-electron chi connectivity index (χ4n) is 7.75. The minimum absolute atomic E-state index is 0.924. The molecule has 3 rings (SSSR count). The lowest BCUT2D eigenvalue weighted by Gasteiger charge is -2.13. The van der Waals surface area contributed by atoms with Gasteiger partial charge < -0.3 is 5.53 Å². The first kappa shape index (κ1) is 45.0. The van der Waals surface area contributed by atoms with E-state index >= 15 is 0 Å². The lowest BCUT2D eigenvalue weighted by molar-refractivity contribution is -0.345. The molecule has 0 saturated heterocycles. The van der Waals surface area contributed by atoms with Crippen LogP contribution in [0.1, 0.15) is 229 Å². The molecule has 0 bridgehead atoms. The monoisotopic (exact) mass is 729 g/mol. The Kier molecular flexibility index (Phi) is 22.7. The molecule has 2 aromatic carbocycles. The van der Waals surface area contributed by atoms with Crippen molar-refractivity contribution in [2.75, 3.05) is 0 Å². The van der Waals surface area contributed by atoms with E-state index in [9.17, 15) is 5.53 Å². The van der Waals surface area contributed by atoms with E-state index < -0.39 is 0 Å². The molecule has 2 nitrogen and oxygen atoms in total. The van der Waals surface area contributed by atoms with Crippen LogP contribution >= 0.6 is 0 Å². The van der Waals surface area contributed by atoms with Gasteiger partial charge in [-0.25, -0.2) is 4.70 Å². The molecule has 0 amide bonds. The van der Waals surface area contributed by atoms with Crippen molar-refractivity contribution in [1.82, 2.24) is 0 Å². The van der Waals surface area contributed by atoms with Crippen molar-refractivity contribution in [3.8, 4) is 23.7 Å². The predicted molar refractivity (Wildman–Crippen MR) is 236 cm³/mol. The number of aryl methyl sites for hydroxylation is 2. The first-order chi connectivity index (χ1) is 26.5. The van der Waals surface area contributed by atoms with Crippen molar-refractivity contribution in [3.63, 3.8) is 0 Å². The van der Waals surface area contributed by atoms with Gasteiger partial charge in [0, 0.05) is 46.2 Å². The Morgan fingerprint density at radius 2 is 0.815 bits per heavy atom. The Morgan fingerprint density at radius 3 is 1.26 bits per heavy atom. The van der Waals surface area contributed by atoms with Gasteiger partial charge in [0.1, 0.15) is 0 Å². The number of benzene rings is 2. The molecule has 0 fully saturated rings. The Morgan fingerprint density at radius 1 is 0.426 bits per heavy atom. The third-order valence-electron chi connectivity index (χ3n) is 11.0. The SMILES string of the molecule is CCCCCCCCC#Cc1cc(C#CCCCCCCCC)cc(C2=C(CCCC)C(CCCCCCCC)=C(c3cc(CC)cc(CC)c3)[N+]2=[N-])c1. The number of rotatable bonds is 26. The molecule has 2 heteroatoms. The summed E-state index contributed by atoms with van der Waals surface area (Å²) in [6.07, 6.45) is 30.9. The van der Waals surface area contributed by atoms with E-state index in [-0.39, 0.29) is 0 Å². The number of unbranched alkanes of at least 4 members (excludes halogenated alkanes) is 18. The summed E-state index contributed by atoms with van der Waals surface area (Å²) >= 11 is 0.